The molecule has 8 nitrogen and oxygen atoms in total. The second-order valence-electron chi connectivity index (χ2n) is 6.69. The van der Waals surface area contributed by atoms with Crippen molar-refractivity contribution in [2.75, 3.05) is 26.6 Å². The lowest BCUT2D eigenvalue weighted by Gasteiger charge is -2.13. The third-order valence-electron chi connectivity index (χ3n) is 4.81. The molecule has 0 atom stereocenters. The number of nitrogens with zero attached hydrogens (tertiary/aromatic N) is 3. The summed E-state index contributed by atoms with van der Waals surface area (Å²) in [6.07, 6.45) is 0.543. The van der Waals surface area contributed by atoms with E-state index in [2.05, 4.69) is 11.1 Å². The van der Waals surface area contributed by atoms with Crippen LogP contribution in [-0.2, 0) is 17.7 Å². The van der Waals surface area contributed by atoms with E-state index >= 15 is 0 Å². The Bertz CT molecular complexity index is 1240. The number of nitriles is 1. The van der Waals surface area contributed by atoms with Gasteiger partial charge in [-0.3, -0.25) is 9.36 Å². The average Bonchev–Trinajstić information content (AvgIpc) is 3.13. The highest BCUT2D eigenvalue weighted by molar-refractivity contribution is 7.99. The number of esters is 1. The molecular weight excluding hydrogens is 450 g/mol. The zero-order valence-electron chi connectivity index (χ0n) is 18.3. The van der Waals surface area contributed by atoms with Crippen molar-refractivity contribution in [1.82, 2.24) is 9.55 Å². The first-order valence-corrected chi connectivity index (χ1v) is 11.7. The summed E-state index contributed by atoms with van der Waals surface area (Å²) in [6, 6.07) is 7.67. The van der Waals surface area contributed by atoms with Crippen LogP contribution >= 0.6 is 23.1 Å². The van der Waals surface area contributed by atoms with Gasteiger partial charge in [-0.25, -0.2) is 9.78 Å². The Kier molecular flexibility index (Phi) is 7.77. The summed E-state index contributed by atoms with van der Waals surface area (Å²) in [5, 5.41) is 9.88. The molecule has 0 N–H and O–H groups in total. The summed E-state index contributed by atoms with van der Waals surface area (Å²) in [5.41, 5.74) is 1.29. The standard InChI is InChI=1S/C22H23N3O5S2/c1-5-30-21(27)18-13(2)17-19(32-18)24-22(31-11-9-23)25(20(17)26)10-8-14-6-7-15(28-3)16(12-14)29-4/h6-7,12H,5,8,10-11H2,1-4H3. The van der Waals surface area contributed by atoms with Crippen molar-refractivity contribution in [2.24, 2.45) is 0 Å². The molecule has 0 unspecified atom stereocenters. The van der Waals surface area contributed by atoms with Gasteiger partial charge < -0.3 is 14.2 Å². The van der Waals surface area contributed by atoms with E-state index in [9.17, 15) is 9.59 Å². The molecule has 3 aromatic rings. The number of aryl methyl sites for hydroxylation is 2. The first kappa shape index (κ1) is 23.6. The van der Waals surface area contributed by atoms with E-state index < -0.39 is 5.97 Å². The number of benzene rings is 1. The summed E-state index contributed by atoms with van der Waals surface area (Å²) in [5.74, 6) is 0.930. The van der Waals surface area contributed by atoms with E-state index in [1.165, 1.54) is 11.8 Å². The van der Waals surface area contributed by atoms with Gasteiger partial charge in [-0.15, -0.1) is 11.3 Å². The lowest BCUT2D eigenvalue weighted by atomic mass is 10.1. The van der Waals surface area contributed by atoms with Crippen molar-refractivity contribution in [3.05, 3.63) is 44.6 Å². The molecule has 1 aromatic carbocycles. The first-order chi connectivity index (χ1) is 15.4. The zero-order chi connectivity index (χ0) is 23.3. The van der Waals surface area contributed by atoms with Gasteiger partial charge in [0.1, 0.15) is 9.71 Å². The highest BCUT2D eigenvalue weighted by atomic mass is 32.2. The van der Waals surface area contributed by atoms with Crippen molar-refractivity contribution < 1.29 is 19.0 Å². The molecule has 0 aliphatic heterocycles. The maximum absolute atomic E-state index is 13.4. The largest absolute Gasteiger partial charge is 0.493 e. The highest BCUT2D eigenvalue weighted by Gasteiger charge is 2.22. The molecule has 0 spiro atoms. The molecule has 0 saturated heterocycles. The van der Waals surface area contributed by atoms with E-state index in [-0.39, 0.29) is 17.9 Å². The Hall–Kier alpha value is -3.03. The normalized spacial score (nSPS) is 10.7. The number of hydrogen-bond donors (Lipinski definition) is 0. The summed E-state index contributed by atoms with van der Waals surface area (Å²) >= 11 is 2.34. The molecule has 2 aromatic heterocycles. The van der Waals surface area contributed by atoms with Crippen LogP contribution in [0.5, 0.6) is 11.5 Å². The molecule has 0 amide bonds. The minimum absolute atomic E-state index is 0.156. The molecule has 0 aliphatic carbocycles. The Morgan fingerprint density at radius 1 is 1.28 bits per heavy atom. The van der Waals surface area contributed by atoms with Crippen LogP contribution in [0.3, 0.4) is 0 Å². The monoisotopic (exact) mass is 473 g/mol. The fourth-order valence-electron chi connectivity index (χ4n) is 3.27. The number of thiophene rings is 1. The highest BCUT2D eigenvalue weighted by Crippen LogP contribution is 2.31. The number of fused-ring (bicyclic) bond motifs is 1. The first-order valence-electron chi connectivity index (χ1n) is 9.86. The number of ether oxygens (including phenoxy) is 3. The van der Waals surface area contributed by atoms with Crippen LogP contribution in [0.2, 0.25) is 0 Å². The van der Waals surface area contributed by atoms with Crippen molar-refractivity contribution in [3.8, 4) is 17.6 Å². The second-order valence-corrected chi connectivity index (χ2v) is 8.64. The number of aromatic nitrogens is 2. The van der Waals surface area contributed by atoms with E-state index in [4.69, 9.17) is 19.5 Å². The van der Waals surface area contributed by atoms with Crippen LogP contribution in [-0.4, -0.2) is 42.1 Å². The molecule has 0 radical (unpaired) electrons. The molecule has 0 bridgehead atoms. The van der Waals surface area contributed by atoms with E-state index in [0.717, 1.165) is 16.9 Å². The van der Waals surface area contributed by atoms with Crippen molar-refractivity contribution in [3.63, 3.8) is 0 Å². The fourth-order valence-corrected chi connectivity index (χ4v) is 5.07. The van der Waals surface area contributed by atoms with Crippen LogP contribution in [0.4, 0.5) is 0 Å². The van der Waals surface area contributed by atoms with Crippen molar-refractivity contribution in [1.29, 1.82) is 5.26 Å². The summed E-state index contributed by atoms with van der Waals surface area (Å²) in [6.45, 7) is 4.07. The molecule has 2 heterocycles. The molecule has 32 heavy (non-hydrogen) atoms. The molecule has 0 saturated carbocycles. The molecule has 10 heteroatoms. The topological polar surface area (TPSA) is 103 Å². The zero-order valence-corrected chi connectivity index (χ0v) is 19.9. The number of carbonyl (C=O) groups is 1. The van der Waals surface area contributed by atoms with Gasteiger partial charge in [-0.2, -0.15) is 5.26 Å². The van der Waals surface area contributed by atoms with Crippen LogP contribution < -0.4 is 15.0 Å². The van der Waals surface area contributed by atoms with E-state index in [1.54, 1.807) is 32.6 Å². The number of rotatable bonds is 9. The minimum atomic E-state index is -0.462. The summed E-state index contributed by atoms with van der Waals surface area (Å²) < 4.78 is 17.3. The third-order valence-corrected chi connectivity index (χ3v) is 6.82. The van der Waals surface area contributed by atoms with Gasteiger partial charge in [0.2, 0.25) is 0 Å². The second kappa shape index (κ2) is 10.5. The number of hydrogen-bond acceptors (Lipinski definition) is 9. The van der Waals surface area contributed by atoms with Crippen LogP contribution in [0.15, 0.2) is 28.2 Å². The Morgan fingerprint density at radius 3 is 2.69 bits per heavy atom. The predicted molar refractivity (Wildman–Crippen MR) is 124 cm³/mol. The minimum Gasteiger partial charge on any atom is -0.493 e. The molecule has 3 rings (SSSR count). The van der Waals surface area contributed by atoms with Gasteiger partial charge in [-0.05, 0) is 43.5 Å². The van der Waals surface area contributed by atoms with Gasteiger partial charge in [0.15, 0.2) is 16.7 Å². The molecule has 0 aliphatic rings. The predicted octanol–water partition coefficient (Wildman–Crippen LogP) is 3.82. The molecule has 0 fully saturated rings. The van der Waals surface area contributed by atoms with Gasteiger partial charge >= 0.3 is 5.97 Å². The van der Waals surface area contributed by atoms with E-state index in [0.29, 0.717) is 50.3 Å². The summed E-state index contributed by atoms with van der Waals surface area (Å²) in [4.78, 5) is 31.2. The quantitative estimate of drug-likeness (QED) is 0.262. The molecule has 168 valence electrons. The van der Waals surface area contributed by atoms with Crippen LogP contribution in [0.1, 0.15) is 27.7 Å². The smallest absolute Gasteiger partial charge is 0.348 e. The van der Waals surface area contributed by atoms with Gasteiger partial charge in [0.25, 0.3) is 5.56 Å². The Balaban J connectivity index is 2.03. The molecular formula is C22H23N3O5S2. The van der Waals surface area contributed by atoms with Gasteiger partial charge in [0, 0.05) is 6.54 Å². The average molecular weight is 474 g/mol. The third kappa shape index (κ3) is 4.74. The number of methoxy groups -OCH3 is 2. The Labute approximate surface area is 193 Å². The maximum atomic E-state index is 13.4. The maximum Gasteiger partial charge on any atom is 0.348 e. The van der Waals surface area contributed by atoms with Gasteiger partial charge in [0.05, 0.1) is 38.0 Å². The van der Waals surface area contributed by atoms with E-state index in [1.807, 2.05) is 18.2 Å². The van der Waals surface area contributed by atoms with Crippen LogP contribution in [0.25, 0.3) is 10.2 Å². The SMILES string of the molecule is CCOC(=O)c1sc2nc(SCC#N)n(CCc3ccc(OC)c(OC)c3)c(=O)c2c1C. The van der Waals surface area contributed by atoms with Crippen molar-refractivity contribution in [2.45, 2.75) is 32.0 Å². The van der Waals surface area contributed by atoms with Crippen molar-refractivity contribution >= 4 is 39.3 Å². The number of thioether (sulfide) groups is 1. The fraction of sp³-hybridized carbons (Fsp3) is 0.364. The lowest BCUT2D eigenvalue weighted by molar-refractivity contribution is 0.0531. The number of carbonyl (C=O) groups excluding carboxylic acids is 1. The Morgan fingerprint density at radius 2 is 2.03 bits per heavy atom. The van der Waals surface area contributed by atoms with Gasteiger partial charge in [-0.1, -0.05) is 17.8 Å². The lowest BCUT2D eigenvalue weighted by Crippen LogP contribution is -2.24. The summed E-state index contributed by atoms with van der Waals surface area (Å²) in [7, 11) is 3.14. The van der Waals surface area contributed by atoms with Crippen LogP contribution in [0, 0.1) is 18.3 Å².